The second kappa shape index (κ2) is 10.4. The summed E-state index contributed by atoms with van der Waals surface area (Å²) >= 11 is 0. The van der Waals surface area contributed by atoms with Crippen LogP contribution in [0.15, 0.2) is 36.0 Å². The van der Waals surface area contributed by atoms with Crippen molar-refractivity contribution in [3.63, 3.8) is 0 Å². The summed E-state index contributed by atoms with van der Waals surface area (Å²) in [5.41, 5.74) is 0.516. The van der Waals surface area contributed by atoms with Crippen molar-refractivity contribution in [2.24, 2.45) is 0 Å². The van der Waals surface area contributed by atoms with Crippen LogP contribution >= 0.6 is 0 Å². The molecule has 0 aliphatic carbocycles. The molecule has 0 aromatic rings. The standard InChI is InChI=1S/C10H12O3.C2H6/c1-4-6-8(7-11)9(5-2)10(12)13-3;1-2/h4-7H,1H2,2-3H3;1-2H3/b8-6-,9-5+;. The Morgan fingerprint density at radius 2 is 1.87 bits per heavy atom. The van der Waals surface area contributed by atoms with E-state index in [0.717, 1.165) is 0 Å². The summed E-state index contributed by atoms with van der Waals surface area (Å²) in [5, 5.41) is 0. The number of carbonyl (C=O) groups is 2. The first-order chi connectivity index (χ1) is 7.21. The maximum atomic E-state index is 11.1. The summed E-state index contributed by atoms with van der Waals surface area (Å²) in [7, 11) is 1.27. The molecule has 0 bridgehead atoms. The smallest absolute Gasteiger partial charge is 0.338 e. The molecule has 0 heterocycles. The van der Waals surface area contributed by atoms with Crippen LogP contribution in [0, 0.1) is 0 Å². The van der Waals surface area contributed by atoms with Crippen LogP contribution in [0.1, 0.15) is 20.8 Å². The normalized spacial score (nSPS) is 10.9. The van der Waals surface area contributed by atoms with Crippen LogP contribution in [0.4, 0.5) is 0 Å². The SMILES string of the molecule is C=C/C=C(C=O)\C(=C/C)C(=O)OC.CC. The summed E-state index contributed by atoms with van der Waals surface area (Å²) in [4.78, 5) is 21.6. The second-order valence-corrected chi connectivity index (χ2v) is 2.17. The van der Waals surface area contributed by atoms with E-state index in [9.17, 15) is 9.59 Å². The number of rotatable bonds is 4. The molecular formula is C12H18O3. The summed E-state index contributed by atoms with van der Waals surface area (Å²) in [5.74, 6) is -0.525. The molecule has 84 valence electrons. The minimum Gasteiger partial charge on any atom is -0.465 e. The third-order valence-corrected chi connectivity index (χ3v) is 1.43. The highest BCUT2D eigenvalue weighted by atomic mass is 16.5. The van der Waals surface area contributed by atoms with E-state index in [0.29, 0.717) is 6.29 Å². The average molecular weight is 210 g/mol. The van der Waals surface area contributed by atoms with Crippen molar-refractivity contribution in [3.8, 4) is 0 Å². The van der Waals surface area contributed by atoms with Crippen LogP contribution in [0.2, 0.25) is 0 Å². The lowest BCUT2D eigenvalue weighted by atomic mass is 10.1. The number of carbonyl (C=O) groups excluding carboxylic acids is 2. The van der Waals surface area contributed by atoms with Gasteiger partial charge in [0, 0.05) is 5.57 Å². The summed E-state index contributed by atoms with van der Waals surface area (Å²) in [6.45, 7) is 9.10. The Morgan fingerprint density at radius 3 is 2.13 bits per heavy atom. The van der Waals surface area contributed by atoms with Crippen molar-refractivity contribution in [2.45, 2.75) is 20.8 Å². The molecule has 0 N–H and O–H groups in total. The maximum Gasteiger partial charge on any atom is 0.338 e. The molecule has 0 saturated heterocycles. The van der Waals surface area contributed by atoms with Crippen LogP contribution in [-0.4, -0.2) is 19.4 Å². The van der Waals surface area contributed by atoms with Crippen molar-refractivity contribution in [1.82, 2.24) is 0 Å². The number of esters is 1. The van der Waals surface area contributed by atoms with Crippen LogP contribution < -0.4 is 0 Å². The van der Waals surface area contributed by atoms with Gasteiger partial charge in [0.1, 0.15) is 0 Å². The van der Waals surface area contributed by atoms with Gasteiger partial charge >= 0.3 is 5.97 Å². The Morgan fingerprint density at radius 1 is 1.33 bits per heavy atom. The third kappa shape index (κ3) is 5.62. The van der Waals surface area contributed by atoms with Gasteiger partial charge in [-0.2, -0.15) is 0 Å². The Labute approximate surface area is 91.1 Å². The number of ether oxygens (including phenoxy) is 1. The number of aldehydes is 1. The van der Waals surface area contributed by atoms with Gasteiger partial charge in [0.05, 0.1) is 12.7 Å². The van der Waals surface area contributed by atoms with E-state index in [1.165, 1.54) is 25.3 Å². The molecule has 0 radical (unpaired) electrons. The van der Waals surface area contributed by atoms with E-state index in [-0.39, 0.29) is 11.1 Å². The molecule has 15 heavy (non-hydrogen) atoms. The van der Waals surface area contributed by atoms with Crippen molar-refractivity contribution in [2.75, 3.05) is 7.11 Å². The fraction of sp³-hybridized carbons (Fsp3) is 0.333. The number of hydrogen-bond donors (Lipinski definition) is 0. The summed E-state index contributed by atoms with van der Waals surface area (Å²) in [6, 6.07) is 0. The van der Waals surface area contributed by atoms with E-state index < -0.39 is 5.97 Å². The van der Waals surface area contributed by atoms with Gasteiger partial charge in [0.15, 0.2) is 6.29 Å². The van der Waals surface area contributed by atoms with Crippen molar-refractivity contribution >= 4 is 12.3 Å². The van der Waals surface area contributed by atoms with Crippen molar-refractivity contribution < 1.29 is 14.3 Å². The van der Waals surface area contributed by atoms with Gasteiger partial charge in [0.2, 0.25) is 0 Å². The first-order valence-electron chi connectivity index (χ1n) is 4.74. The highest BCUT2D eigenvalue weighted by Gasteiger charge is 2.12. The second-order valence-electron chi connectivity index (χ2n) is 2.17. The highest BCUT2D eigenvalue weighted by Crippen LogP contribution is 2.09. The summed E-state index contributed by atoms with van der Waals surface area (Å²) in [6.07, 6.45) is 5.01. The minimum atomic E-state index is -0.525. The molecule has 0 atom stereocenters. The molecule has 0 fully saturated rings. The Kier molecular flexibility index (Phi) is 11.0. The molecular weight excluding hydrogens is 192 g/mol. The predicted octanol–water partition coefficient (Wildman–Crippen LogP) is 2.44. The number of methoxy groups -OCH3 is 1. The van der Waals surface area contributed by atoms with Gasteiger partial charge in [-0.3, -0.25) is 4.79 Å². The Bertz CT molecular complexity index is 273. The lowest BCUT2D eigenvalue weighted by Gasteiger charge is -2.02. The highest BCUT2D eigenvalue weighted by molar-refractivity contribution is 6.02. The number of allylic oxidation sites excluding steroid dienone is 3. The zero-order valence-corrected chi connectivity index (χ0v) is 9.74. The topological polar surface area (TPSA) is 43.4 Å². The van der Waals surface area contributed by atoms with Gasteiger partial charge < -0.3 is 4.74 Å². The number of hydrogen-bond acceptors (Lipinski definition) is 3. The van der Waals surface area contributed by atoms with Crippen LogP contribution in [0.3, 0.4) is 0 Å². The van der Waals surface area contributed by atoms with E-state index in [1.54, 1.807) is 6.92 Å². The molecule has 0 spiro atoms. The molecule has 0 aliphatic heterocycles. The fourth-order valence-corrected chi connectivity index (χ4v) is 0.832. The van der Waals surface area contributed by atoms with Gasteiger partial charge in [-0.15, -0.1) is 0 Å². The largest absolute Gasteiger partial charge is 0.465 e. The first kappa shape index (κ1) is 15.8. The predicted molar refractivity (Wildman–Crippen MR) is 61.5 cm³/mol. The van der Waals surface area contributed by atoms with E-state index in [1.807, 2.05) is 13.8 Å². The van der Waals surface area contributed by atoms with Crippen LogP contribution in [0.5, 0.6) is 0 Å². The lowest BCUT2D eigenvalue weighted by molar-refractivity contribution is -0.136. The lowest BCUT2D eigenvalue weighted by Crippen LogP contribution is -2.07. The molecule has 0 unspecified atom stereocenters. The van der Waals surface area contributed by atoms with Crippen molar-refractivity contribution in [1.29, 1.82) is 0 Å². The molecule has 0 rings (SSSR count). The molecule has 3 nitrogen and oxygen atoms in total. The molecule has 3 heteroatoms. The zero-order valence-electron chi connectivity index (χ0n) is 9.74. The molecule has 0 aromatic heterocycles. The van der Waals surface area contributed by atoms with Gasteiger partial charge in [-0.05, 0) is 6.92 Å². The summed E-state index contributed by atoms with van der Waals surface area (Å²) < 4.78 is 4.49. The van der Waals surface area contributed by atoms with E-state index in [4.69, 9.17) is 0 Å². The fourth-order valence-electron chi connectivity index (χ4n) is 0.832. The maximum absolute atomic E-state index is 11.1. The first-order valence-corrected chi connectivity index (χ1v) is 4.74. The Hall–Kier alpha value is -1.64. The zero-order chi connectivity index (χ0) is 12.3. The average Bonchev–Trinajstić information content (AvgIpc) is 2.31. The molecule has 0 amide bonds. The minimum absolute atomic E-state index is 0.248. The van der Waals surface area contributed by atoms with Crippen molar-refractivity contribution in [3.05, 3.63) is 36.0 Å². The van der Waals surface area contributed by atoms with Gasteiger partial charge in [-0.25, -0.2) is 4.79 Å². The monoisotopic (exact) mass is 210 g/mol. The molecule has 0 aliphatic rings. The van der Waals surface area contributed by atoms with Gasteiger partial charge in [-0.1, -0.05) is 38.7 Å². The van der Waals surface area contributed by atoms with Crippen LogP contribution in [0.25, 0.3) is 0 Å². The van der Waals surface area contributed by atoms with E-state index in [2.05, 4.69) is 11.3 Å². The quantitative estimate of drug-likeness (QED) is 0.310. The Balaban J connectivity index is 0. The molecule has 0 saturated carbocycles. The third-order valence-electron chi connectivity index (χ3n) is 1.43. The van der Waals surface area contributed by atoms with E-state index >= 15 is 0 Å². The molecule has 0 aromatic carbocycles. The van der Waals surface area contributed by atoms with Gasteiger partial charge in [0.25, 0.3) is 0 Å². The van der Waals surface area contributed by atoms with Crippen LogP contribution in [-0.2, 0) is 14.3 Å².